The number of likely N-dealkylation sites (tertiary alicyclic amines) is 1. The first-order chi connectivity index (χ1) is 8.29. The molecule has 1 aliphatic heterocycles. The van der Waals surface area contributed by atoms with E-state index in [2.05, 4.69) is 0 Å². The molecule has 5 heteroatoms. The van der Waals surface area contributed by atoms with Crippen molar-refractivity contribution in [2.75, 3.05) is 13.1 Å². The van der Waals surface area contributed by atoms with Crippen molar-refractivity contribution >= 4 is 11.9 Å². The number of carboxylic acids is 1. The van der Waals surface area contributed by atoms with Crippen molar-refractivity contribution in [3.05, 3.63) is 0 Å². The minimum Gasteiger partial charge on any atom is -0.481 e. The topological polar surface area (TPSA) is 83.6 Å². The molecule has 0 spiro atoms. The van der Waals surface area contributed by atoms with Gasteiger partial charge in [0.1, 0.15) is 0 Å². The normalized spacial score (nSPS) is 22.3. The maximum atomic E-state index is 12.2. The molecule has 0 aromatic heterocycles. The van der Waals surface area contributed by atoms with E-state index >= 15 is 0 Å². The molecule has 0 aromatic carbocycles. The summed E-state index contributed by atoms with van der Waals surface area (Å²) < 4.78 is 0. The van der Waals surface area contributed by atoms with E-state index in [9.17, 15) is 14.7 Å². The van der Waals surface area contributed by atoms with Gasteiger partial charge in [-0.3, -0.25) is 9.59 Å². The number of rotatable bonds is 4. The molecule has 1 rings (SSSR count). The van der Waals surface area contributed by atoms with Crippen molar-refractivity contribution < 1.29 is 14.7 Å². The quantitative estimate of drug-likeness (QED) is 0.792. The maximum absolute atomic E-state index is 12.2. The molecule has 1 atom stereocenters. The summed E-state index contributed by atoms with van der Waals surface area (Å²) in [6.45, 7) is 6.49. The van der Waals surface area contributed by atoms with Gasteiger partial charge < -0.3 is 15.7 Å². The molecule has 18 heavy (non-hydrogen) atoms. The molecule has 0 radical (unpaired) electrons. The summed E-state index contributed by atoms with van der Waals surface area (Å²) in [5, 5.41) is 9.29. The fourth-order valence-corrected chi connectivity index (χ4v) is 2.37. The van der Waals surface area contributed by atoms with Gasteiger partial charge in [0.2, 0.25) is 5.91 Å². The van der Waals surface area contributed by atoms with Crippen LogP contribution in [0.1, 0.15) is 46.5 Å². The minimum absolute atomic E-state index is 0.0694. The standard InChI is InChI=1S/C13H24N2O3/c1-4-12(3,14)10(16)15-8-6-13(5-2,7-9-15)11(17)18/h4-9,14H2,1-3H3,(H,17,18). The zero-order chi connectivity index (χ0) is 14.0. The largest absolute Gasteiger partial charge is 0.481 e. The number of carbonyl (C=O) groups is 2. The van der Waals surface area contributed by atoms with Crippen LogP contribution in [0.2, 0.25) is 0 Å². The van der Waals surface area contributed by atoms with E-state index in [1.54, 1.807) is 11.8 Å². The van der Waals surface area contributed by atoms with Crippen LogP contribution in [-0.2, 0) is 9.59 Å². The highest BCUT2D eigenvalue weighted by Crippen LogP contribution is 2.35. The first-order valence-electron chi connectivity index (χ1n) is 6.61. The Morgan fingerprint density at radius 2 is 1.83 bits per heavy atom. The summed E-state index contributed by atoms with van der Waals surface area (Å²) in [7, 11) is 0. The maximum Gasteiger partial charge on any atom is 0.309 e. The van der Waals surface area contributed by atoms with Crippen LogP contribution in [0.15, 0.2) is 0 Å². The number of nitrogens with zero attached hydrogens (tertiary/aromatic N) is 1. The van der Waals surface area contributed by atoms with Crippen LogP contribution in [0.25, 0.3) is 0 Å². The summed E-state index contributed by atoms with van der Waals surface area (Å²) in [5.74, 6) is -0.816. The summed E-state index contributed by atoms with van der Waals surface area (Å²) in [6.07, 6.45) is 2.23. The highest BCUT2D eigenvalue weighted by molar-refractivity contribution is 5.86. The highest BCUT2D eigenvalue weighted by atomic mass is 16.4. The van der Waals surface area contributed by atoms with Crippen LogP contribution in [0.4, 0.5) is 0 Å². The number of amides is 1. The lowest BCUT2D eigenvalue weighted by Crippen LogP contribution is -2.56. The lowest BCUT2D eigenvalue weighted by Gasteiger charge is -2.40. The summed E-state index contributed by atoms with van der Waals surface area (Å²) >= 11 is 0. The number of nitrogens with two attached hydrogens (primary N) is 1. The average molecular weight is 256 g/mol. The van der Waals surface area contributed by atoms with Gasteiger partial charge in [0, 0.05) is 13.1 Å². The van der Waals surface area contributed by atoms with Crippen molar-refractivity contribution in [3.8, 4) is 0 Å². The highest BCUT2D eigenvalue weighted by Gasteiger charge is 2.42. The Bertz CT molecular complexity index is 331. The average Bonchev–Trinajstić information content (AvgIpc) is 2.37. The number of aliphatic carboxylic acids is 1. The van der Waals surface area contributed by atoms with Crippen LogP contribution in [0.3, 0.4) is 0 Å². The molecule has 1 unspecified atom stereocenters. The molecule has 0 aromatic rings. The van der Waals surface area contributed by atoms with E-state index in [1.807, 2.05) is 13.8 Å². The van der Waals surface area contributed by atoms with E-state index in [0.717, 1.165) is 0 Å². The van der Waals surface area contributed by atoms with Gasteiger partial charge in [0.25, 0.3) is 0 Å². The Morgan fingerprint density at radius 3 is 2.17 bits per heavy atom. The second-order valence-corrected chi connectivity index (χ2v) is 5.50. The van der Waals surface area contributed by atoms with E-state index in [1.165, 1.54) is 0 Å². The number of piperidine rings is 1. The molecule has 104 valence electrons. The monoisotopic (exact) mass is 256 g/mol. The van der Waals surface area contributed by atoms with E-state index < -0.39 is 16.9 Å². The van der Waals surface area contributed by atoms with Gasteiger partial charge in [-0.15, -0.1) is 0 Å². The van der Waals surface area contributed by atoms with Crippen LogP contribution in [-0.4, -0.2) is 40.5 Å². The third-order valence-electron chi connectivity index (χ3n) is 4.36. The van der Waals surface area contributed by atoms with Crippen LogP contribution in [0.5, 0.6) is 0 Å². The Kier molecular flexibility index (Phi) is 4.37. The number of carbonyl (C=O) groups excluding carboxylic acids is 1. The fourth-order valence-electron chi connectivity index (χ4n) is 2.37. The Balaban J connectivity index is 2.70. The molecule has 1 aliphatic rings. The second kappa shape index (κ2) is 5.26. The first kappa shape index (κ1) is 15.0. The van der Waals surface area contributed by atoms with E-state index in [4.69, 9.17) is 5.73 Å². The third-order valence-corrected chi connectivity index (χ3v) is 4.36. The molecule has 1 amide bonds. The number of carboxylic acid groups (broad SMARTS) is 1. The Labute approximate surface area is 108 Å². The summed E-state index contributed by atoms with van der Waals surface area (Å²) in [4.78, 5) is 25.2. The van der Waals surface area contributed by atoms with Crippen molar-refractivity contribution in [1.82, 2.24) is 4.90 Å². The molecule has 1 heterocycles. The fraction of sp³-hybridized carbons (Fsp3) is 0.846. The predicted octanol–water partition coefficient (Wildman–Crippen LogP) is 1.22. The molecule has 0 saturated carbocycles. The van der Waals surface area contributed by atoms with Gasteiger partial charge in [0.05, 0.1) is 11.0 Å². The van der Waals surface area contributed by atoms with Crippen molar-refractivity contribution in [2.45, 2.75) is 52.0 Å². The lowest BCUT2D eigenvalue weighted by molar-refractivity contribution is -0.155. The smallest absolute Gasteiger partial charge is 0.309 e. The molecular formula is C13H24N2O3. The van der Waals surface area contributed by atoms with Gasteiger partial charge in [-0.05, 0) is 32.6 Å². The van der Waals surface area contributed by atoms with Crippen LogP contribution in [0, 0.1) is 5.41 Å². The van der Waals surface area contributed by atoms with Gasteiger partial charge in [-0.1, -0.05) is 13.8 Å². The first-order valence-corrected chi connectivity index (χ1v) is 6.61. The van der Waals surface area contributed by atoms with Crippen molar-refractivity contribution in [2.24, 2.45) is 11.1 Å². The number of hydrogen-bond acceptors (Lipinski definition) is 3. The summed E-state index contributed by atoms with van der Waals surface area (Å²) in [5.41, 5.74) is 4.45. The lowest BCUT2D eigenvalue weighted by atomic mass is 9.76. The number of hydrogen-bond donors (Lipinski definition) is 2. The Hall–Kier alpha value is -1.10. The van der Waals surface area contributed by atoms with E-state index in [0.29, 0.717) is 38.8 Å². The van der Waals surface area contributed by atoms with Crippen molar-refractivity contribution in [3.63, 3.8) is 0 Å². The van der Waals surface area contributed by atoms with Gasteiger partial charge in [0.15, 0.2) is 0 Å². The van der Waals surface area contributed by atoms with Gasteiger partial charge in [-0.25, -0.2) is 0 Å². The van der Waals surface area contributed by atoms with Crippen LogP contribution < -0.4 is 5.73 Å². The van der Waals surface area contributed by atoms with E-state index in [-0.39, 0.29) is 5.91 Å². The minimum atomic E-state index is -0.838. The molecule has 1 saturated heterocycles. The molecule has 5 nitrogen and oxygen atoms in total. The predicted molar refractivity (Wildman–Crippen MR) is 69.1 cm³/mol. The second-order valence-electron chi connectivity index (χ2n) is 5.50. The van der Waals surface area contributed by atoms with Crippen molar-refractivity contribution in [1.29, 1.82) is 0 Å². The van der Waals surface area contributed by atoms with Gasteiger partial charge in [-0.2, -0.15) is 0 Å². The molecule has 0 aliphatic carbocycles. The summed E-state index contributed by atoms with van der Waals surface area (Å²) in [6, 6.07) is 0. The van der Waals surface area contributed by atoms with Gasteiger partial charge >= 0.3 is 5.97 Å². The molecule has 3 N–H and O–H groups in total. The zero-order valence-electron chi connectivity index (χ0n) is 11.5. The SMILES string of the molecule is CCC(C)(N)C(=O)N1CCC(CC)(C(=O)O)CC1. The molecule has 0 bridgehead atoms. The third kappa shape index (κ3) is 2.66. The Morgan fingerprint density at radius 1 is 1.33 bits per heavy atom. The zero-order valence-corrected chi connectivity index (χ0v) is 11.5. The van der Waals surface area contributed by atoms with Crippen LogP contribution >= 0.6 is 0 Å². The molecule has 1 fully saturated rings. The molecular weight excluding hydrogens is 232 g/mol.